The quantitative estimate of drug-likeness (QED) is 0.242. The molecule has 0 bridgehead atoms. The van der Waals surface area contributed by atoms with Gasteiger partial charge >= 0.3 is 12.2 Å². The van der Waals surface area contributed by atoms with Crippen molar-refractivity contribution in [3.05, 3.63) is 88.4 Å². The van der Waals surface area contributed by atoms with Gasteiger partial charge in [-0.15, -0.1) is 11.3 Å². The number of ether oxygens (including phenoxy) is 2. The Hall–Kier alpha value is -3.76. The number of rotatable bonds is 13. The number of hydrogen-bond donors (Lipinski definition) is 2. The second-order valence-electron chi connectivity index (χ2n) is 12.4. The van der Waals surface area contributed by atoms with Crippen LogP contribution in [0.2, 0.25) is 0 Å². The fourth-order valence-corrected chi connectivity index (χ4v) is 6.01. The number of hydrogen-bond acceptors (Lipinski definition) is 8. The number of nitrogens with zero attached hydrogens (tertiary/aromatic N) is 2. The Morgan fingerprint density at radius 2 is 1.68 bits per heavy atom. The van der Waals surface area contributed by atoms with Gasteiger partial charge in [-0.2, -0.15) is 0 Å². The van der Waals surface area contributed by atoms with Crippen molar-refractivity contribution < 1.29 is 29.0 Å². The number of carbonyl (C=O) groups excluding carboxylic acids is 3. The van der Waals surface area contributed by atoms with Crippen LogP contribution in [0.25, 0.3) is 0 Å². The number of aliphatic hydroxyl groups is 1. The van der Waals surface area contributed by atoms with Gasteiger partial charge in [0.2, 0.25) is 0 Å². The van der Waals surface area contributed by atoms with Gasteiger partial charge in [0.05, 0.1) is 29.1 Å². The summed E-state index contributed by atoms with van der Waals surface area (Å²) in [5, 5.41) is 13.4. The molecule has 0 radical (unpaired) electrons. The summed E-state index contributed by atoms with van der Waals surface area (Å²) < 4.78 is 11.0. The van der Waals surface area contributed by atoms with Crippen LogP contribution in [0.1, 0.15) is 62.5 Å². The number of nitrogens with one attached hydrogen (secondary N) is 1. The normalized spacial score (nSPS) is 18.0. The number of benzene rings is 2. The van der Waals surface area contributed by atoms with Crippen LogP contribution in [0.4, 0.5) is 9.59 Å². The number of thiazole rings is 1. The van der Waals surface area contributed by atoms with Crippen molar-refractivity contribution in [3.8, 4) is 0 Å². The predicted octanol–water partition coefficient (Wildman–Crippen LogP) is 5.95. The Bertz CT molecular complexity index is 1330. The van der Waals surface area contributed by atoms with Crippen molar-refractivity contribution in [1.29, 1.82) is 0 Å². The predicted molar refractivity (Wildman–Crippen MR) is 169 cm³/mol. The Kier molecular flexibility index (Phi) is 11.9. The van der Waals surface area contributed by atoms with E-state index in [2.05, 4.69) is 10.3 Å². The van der Waals surface area contributed by atoms with E-state index in [1.54, 1.807) is 32.5 Å². The average molecular weight is 622 g/mol. The highest BCUT2D eigenvalue weighted by Gasteiger charge is 2.41. The van der Waals surface area contributed by atoms with Gasteiger partial charge in [0.15, 0.2) is 5.78 Å². The lowest BCUT2D eigenvalue weighted by atomic mass is 9.86. The molecule has 3 aromatic rings. The van der Waals surface area contributed by atoms with Crippen molar-refractivity contribution in [3.63, 3.8) is 0 Å². The fraction of sp³-hybridized carbons (Fsp3) is 0.471. The molecule has 2 heterocycles. The van der Waals surface area contributed by atoms with Gasteiger partial charge in [0.1, 0.15) is 12.2 Å². The smallest absolute Gasteiger partial charge is 0.410 e. The SMILES string of the molecule is CC(C)(C)OC(=O)N1C[C@H](O)C[C@H]1C(=O)C[C@@H](CC[C@@H](Cc1ccccc1)NC(=O)OCc1cncs1)Cc1ccccc1. The van der Waals surface area contributed by atoms with E-state index >= 15 is 0 Å². The van der Waals surface area contributed by atoms with Crippen LogP contribution in [0.15, 0.2) is 72.4 Å². The lowest BCUT2D eigenvalue weighted by molar-refractivity contribution is -0.124. The van der Waals surface area contributed by atoms with Crippen molar-refractivity contribution in [1.82, 2.24) is 15.2 Å². The summed E-state index contributed by atoms with van der Waals surface area (Å²) in [7, 11) is 0. The molecule has 0 unspecified atom stereocenters. The molecule has 1 fully saturated rings. The molecule has 9 nitrogen and oxygen atoms in total. The van der Waals surface area contributed by atoms with Crippen molar-refractivity contribution in [2.75, 3.05) is 6.54 Å². The monoisotopic (exact) mass is 621 g/mol. The van der Waals surface area contributed by atoms with Gasteiger partial charge in [0.25, 0.3) is 0 Å². The van der Waals surface area contributed by atoms with E-state index in [1.807, 2.05) is 60.7 Å². The van der Waals surface area contributed by atoms with E-state index in [9.17, 15) is 19.5 Å². The Labute approximate surface area is 263 Å². The van der Waals surface area contributed by atoms with Crippen molar-refractivity contribution in [2.45, 2.75) is 89.7 Å². The Morgan fingerprint density at radius 1 is 1.02 bits per heavy atom. The molecular weight excluding hydrogens is 578 g/mol. The van der Waals surface area contributed by atoms with Crippen LogP contribution in [-0.2, 0) is 33.7 Å². The minimum atomic E-state index is -0.778. The summed E-state index contributed by atoms with van der Waals surface area (Å²) in [6.45, 7) is 5.56. The maximum atomic E-state index is 13.7. The van der Waals surface area contributed by atoms with Gasteiger partial charge in [-0.3, -0.25) is 14.7 Å². The molecule has 1 aromatic heterocycles. The molecular formula is C34H43N3O6S. The van der Waals surface area contributed by atoms with Gasteiger partial charge in [-0.05, 0) is 63.5 Å². The first-order valence-electron chi connectivity index (χ1n) is 15.1. The van der Waals surface area contributed by atoms with E-state index in [1.165, 1.54) is 16.2 Å². The summed E-state index contributed by atoms with van der Waals surface area (Å²) in [4.78, 5) is 45.7. The summed E-state index contributed by atoms with van der Waals surface area (Å²) in [5.41, 5.74) is 3.18. The van der Waals surface area contributed by atoms with E-state index in [-0.39, 0.29) is 43.7 Å². The average Bonchev–Trinajstić information content (AvgIpc) is 3.65. The first-order chi connectivity index (χ1) is 21.1. The summed E-state index contributed by atoms with van der Waals surface area (Å²) in [6, 6.07) is 19.0. The number of aromatic nitrogens is 1. The van der Waals surface area contributed by atoms with E-state index in [4.69, 9.17) is 9.47 Å². The molecule has 2 N–H and O–H groups in total. The molecule has 2 aromatic carbocycles. The number of aliphatic hydroxyl groups excluding tert-OH is 1. The highest BCUT2D eigenvalue weighted by molar-refractivity contribution is 7.09. The van der Waals surface area contributed by atoms with E-state index < -0.39 is 29.9 Å². The topological polar surface area (TPSA) is 118 Å². The molecule has 44 heavy (non-hydrogen) atoms. The molecule has 10 heteroatoms. The first-order valence-corrected chi connectivity index (χ1v) is 16.0. The van der Waals surface area contributed by atoms with Crippen molar-refractivity contribution in [2.24, 2.45) is 5.92 Å². The van der Waals surface area contributed by atoms with Crippen LogP contribution >= 0.6 is 11.3 Å². The van der Waals surface area contributed by atoms with E-state index in [0.717, 1.165) is 16.0 Å². The zero-order valence-electron chi connectivity index (χ0n) is 25.7. The lowest BCUT2D eigenvalue weighted by Gasteiger charge is -2.29. The third kappa shape index (κ3) is 10.7. The third-order valence-corrected chi connectivity index (χ3v) is 8.29. The zero-order chi connectivity index (χ0) is 31.5. The zero-order valence-corrected chi connectivity index (χ0v) is 26.5. The maximum absolute atomic E-state index is 13.7. The van der Waals surface area contributed by atoms with Gasteiger partial charge in [0, 0.05) is 25.1 Å². The number of carbonyl (C=O) groups is 3. The fourth-order valence-electron chi connectivity index (χ4n) is 5.50. The number of Topliss-reactive ketones (excluding diaryl/α,β-unsaturated/α-hetero) is 1. The minimum absolute atomic E-state index is 0.0450. The number of β-amino-alcohol motifs (C(OH)–C–C–N with tert-alkyl or cyclic N) is 1. The highest BCUT2D eigenvalue weighted by atomic mass is 32.1. The molecule has 2 amide bonds. The standard InChI is InChI=1S/C34H43N3O6S/c1-34(2,3)43-33(41)37-21-28(38)19-30(37)31(39)18-26(16-24-10-6-4-7-11-24)14-15-27(17-25-12-8-5-9-13-25)36-32(40)42-22-29-20-35-23-44-29/h4-13,20,23,26-28,30,38H,14-19,21-22H2,1-3H3,(H,36,40)/t26-,27-,28+,30-/m0/s1. The van der Waals surface area contributed by atoms with Gasteiger partial charge in [-0.25, -0.2) is 9.59 Å². The molecule has 4 rings (SSSR count). The van der Waals surface area contributed by atoms with Crippen LogP contribution in [0, 0.1) is 5.92 Å². The summed E-state index contributed by atoms with van der Waals surface area (Å²) in [5.74, 6) is -0.138. The Balaban J connectivity index is 1.45. The van der Waals surface area contributed by atoms with Gasteiger partial charge < -0.3 is 19.9 Å². The largest absolute Gasteiger partial charge is 0.444 e. The molecule has 1 aliphatic heterocycles. The number of amides is 2. The van der Waals surface area contributed by atoms with Crippen LogP contribution in [0.5, 0.6) is 0 Å². The maximum Gasteiger partial charge on any atom is 0.410 e. The summed E-state index contributed by atoms with van der Waals surface area (Å²) >= 11 is 1.43. The molecule has 0 aliphatic carbocycles. The molecule has 4 atom stereocenters. The number of ketones is 1. The highest BCUT2D eigenvalue weighted by Crippen LogP contribution is 2.27. The molecule has 1 saturated heterocycles. The third-order valence-electron chi connectivity index (χ3n) is 7.53. The molecule has 1 aliphatic rings. The van der Waals surface area contributed by atoms with Crippen LogP contribution in [-0.4, -0.2) is 63.3 Å². The summed E-state index contributed by atoms with van der Waals surface area (Å²) in [6.07, 6.45) is 2.81. The Morgan fingerprint density at radius 3 is 2.30 bits per heavy atom. The number of likely N-dealkylation sites (tertiary alicyclic amines) is 1. The van der Waals surface area contributed by atoms with Crippen molar-refractivity contribution >= 4 is 29.3 Å². The second-order valence-corrected chi connectivity index (χ2v) is 13.4. The van der Waals surface area contributed by atoms with Gasteiger partial charge in [-0.1, -0.05) is 60.7 Å². The minimum Gasteiger partial charge on any atom is -0.444 e. The first kappa shape index (κ1) is 33.1. The molecule has 236 valence electrons. The lowest BCUT2D eigenvalue weighted by Crippen LogP contribution is -2.44. The molecule has 0 saturated carbocycles. The molecule has 0 spiro atoms. The second kappa shape index (κ2) is 15.8. The van der Waals surface area contributed by atoms with Crippen LogP contribution in [0.3, 0.4) is 0 Å². The van der Waals surface area contributed by atoms with Crippen LogP contribution < -0.4 is 5.32 Å². The van der Waals surface area contributed by atoms with E-state index in [0.29, 0.717) is 25.7 Å². The number of alkyl carbamates (subject to hydrolysis) is 1.